The summed E-state index contributed by atoms with van der Waals surface area (Å²) in [5, 5.41) is 11.6. The highest BCUT2D eigenvalue weighted by atomic mass is 19.4. The van der Waals surface area contributed by atoms with Crippen LogP contribution in [-0.4, -0.2) is 54.4 Å². The molecule has 1 unspecified atom stereocenters. The Morgan fingerprint density at radius 1 is 1.14 bits per heavy atom. The van der Waals surface area contributed by atoms with E-state index in [0.29, 0.717) is 24.8 Å². The first-order valence-electron chi connectivity index (χ1n) is 12.0. The van der Waals surface area contributed by atoms with Crippen molar-refractivity contribution in [2.75, 3.05) is 31.6 Å². The Hall–Kier alpha value is -3.27. The number of nitrogens with zero attached hydrogens (tertiary/aromatic N) is 1. The lowest BCUT2D eigenvalue weighted by Gasteiger charge is -2.32. The number of hydrogen-bond acceptors (Lipinski definition) is 4. The van der Waals surface area contributed by atoms with Crippen molar-refractivity contribution >= 4 is 17.7 Å². The number of urea groups is 1. The van der Waals surface area contributed by atoms with Crippen LogP contribution in [0.1, 0.15) is 37.3 Å². The highest BCUT2D eigenvalue weighted by molar-refractivity contribution is 5.90. The van der Waals surface area contributed by atoms with Crippen molar-refractivity contribution in [2.24, 2.45) is 5.92 Å². The molecule has 1 atom stereocenters. The average Bonchev–Trinajstić information content (AvgIpc) is 2.80. The summed E-state index contributed by atoms with van der Waals surface area (Å²) in [5.41, 5.74) is -0.401. The van der Waals surface area contributed by atoms with Gasteiger partial charge in [-0.25, -0.2) is 9.59 Å². The van der Waals surface area contributed by atoms with Crippen LogP contribution >= 0.6 is 0 Å². The van der Waals surface area contributed by atoms with Crippen molar-refractivity contribution < 1.29 is 37.3 Å². The number of carboxylic acid groups (broad SMARTS) is 1. The highest BCUT2D eigenvalue weighted by Gasteiger charge is 2.34. The van der Waals surface area contributed by atoms with Gasteiger partial charge in [0.05, 0.1) is 17.8 Å². The van der Waals surface area contributed by atoms with Crippen LogP contribution in [0.3, 0.4) is 0 Å². The molecule has 0 radical (unpaired) electrons. The maximum atomic E-state index is 13.3. The lowest BCUT2D eigenvalue weighted by molar-refractivity contribution is -0.150. The molecule has 2 N–H and O–H groups in total. The first-order chi connectivity index (χ1) is 17.2. The predicted molar refractivity (Wildman–Crippen MR) is 128 cm³/mol. The summed E-state index contributed by atoms with van der Waals surface area (Å²) < 4.78 is 50.9. The molecule has 7 nitrogen and oxygen atoms in total. The molecule has 1 aliphatic rings. The quantitative estimate of drug-likeness (QED) is 0.398. The number of amides is 2. The maximum absolute atomic E-state index is 13.3. The van der Waals surface area contributed by atoms with E-state index in [4.69, 9.17) is 9.47 Å². The molecular formula is C26H31F3N2O5. The van der Waals surface area contributed by atoms with Crippen LogP contribution in [0, 0.1) is 5.92 Å². The number of halogens is 3. The monoisotopic (exact) mass is 508 g/mol. The largest absolute Gasteiger partial charge is 0.492 e. The van der Waals surface area contributed by atoms with Gasteiger partial charge in [-0.2, -0.15) is 13.2 Å². The molecule has 0 aromatic heterocycles. The number of aliphatic carboxylic acids is 1. The fourth-order valence-electron chi connectivity index (χ4n) is 3.92. The van der Waals surface area contributed by atoms with Gasteiger partial charge in [0, 0.05) is 19.6 Å². The van der Waals surface area contributed by atoms with Crippen molar-refractivity contribution in [1.82, 2.24) is 4.90 Å². The van der Waals surface area contributed by atoms with Gasteiger partial charge in [0.25, 0.3) is 0 Å². The van der Waals surface area contributed by atoms with E-state index < -0.39 is 29.8 Å². The molecule has 2 aromatic rings. The van der Waals surface area contributed by atoms with Gasteiger partial charge in [-0.3, -0.25) is 0 Å². The molecule has 3 rings (SSSR count). The van der Waals surface area contributed by atoms with Crippen molar-refractivity contribution in [3.05, 3.63) is 59.7 Å². The molecule has 36 heavy (non-hydrogen) atoms. The maximum Gasteiger partial charge on any atom is 0.418 e. The summed E-state index contributed by atoms with van der Waals surface area (Å²) in [6.45, 7) is 2.82. The third-order valence-electron chi connectivity index (χ3n) is 6.08. The van der Waals surface area contributed by atoms with Crippen molar-refractivity contribution in [3.8, 4) is 5.75 Å². The second kappa shape index (κ2) is 12.6. The number of alkyl halides is 3. The number of carbonyl (C=O) groups excluding carboxylic acids is 1. The average molecular weight is 509 g/mol. The van der Waals surface area contributed by atoms with Crippen LogP contribution in [0.25, 0.3) is 0 Å². The first kappa shape index (κ1) is 27.3. The second-order valence-electron chi connectivity index (χ2n) is 8.70. The zero-order valence-corrected chi connectivity index (χ0v) is 20.1. The Kier molecular flexibility index (Phi) is 9.58. The van der Waals surface area contributed by atoms with Crippen LogP contribution in [0.15, 0.2) is 48.5 Å². The number of ether oxygens (including phenoxy) is 2. The minimum absolute atomic E-state index is 0.150. The van der Waals surface area contributed by atoms with Gasteiger partial charge in [0.1, 0.15) is 12.4 Å². The van der Waals surface area contributed by atoms with E-state index in [9.17, 15) is 27.9 Å². The van der Waals surface area contributed by atoms with E-state index in [1.807, 2.05) is 0 Å². The third kappa shape index (κ3) is 7.87. The highest BCUT2D eigenvalue weighted by Crippen LogP contribution is 2.35. The molecule has 10 heteroatoms. The Labute approximate surface area is 208 Å². The number of hydrogen-bond donors (Lipinski definition) is 2. The molecule has 196 valence electrons. The van der Waals surface area contributed by atoms with Crippen LogP contribution in [0.5, 0.6) is 5.75 Å². The van der Waals surface area contributed by atoms with E-state index in [1.54, 1.807) is 31.2 Å². The molecule has 0 saturated heterocycles. The predicted octanol–water partition coefficient (Wildman–Crippen LogP) is 5.45. The van der Waals surface area contributed by atoms with E-state index in [-0.39, 0.29) is 25.3 Å². The summed E-state index contributed by atoms with van der Waals surface area (Å²) in [5.74, 6) is -0.172. The zero-order valence-electron chi connectivity index (χ0n) is 20.1. The third-order valence-corrected chi connectivity index (χ3v) is 6.08. The molecule has 0 aliphatic heterocycles. The van der Waals surface area contributed by atoms with Gasteiger partial charge in [0.15, 0.2) is 6.10 Å². The summed E-state index contributed by atoms with van der Waals surface area (Å²) in [6.07, 6.45) is -2.26. The summed E-state index contributed by atoms with van der Waals surface area (Å²) in [4.78, 5) is 25.7. The molecule has 1 aliphatic carbocycles. The number of carboxylic acids is 1. The van der Waals surface area contributed by atoms with E-state index in [2.05, 4.69) is 5.32 Å². The Morgan fingerprint density at radius 2 is 1.83 bits per heavy atom. The SMILES string of the molecule is CCOC(Cc1ccc(OCCN(CC2CCC2)C(=O)Nc2ccccc2C(F)(F)F)cc1)C(=O)O. The van der Waals surface area contributed by atoms with Gasteiger partial charge < -0.3 is 24.8 Å². The minimum Gasteiger partial charge on any atom is -0.492 e. The fourth-order valence-corrected chi connectivity index (χ4v) is 3.92. The number of para-hydroxylation sites is 1. The lowest BCUT2D eigenvalue weighted by Crippen LogP contribution is -2.42. The fraction of sp³-hybridized carbons (Fsp3) is 0.462. The first-order valence-corrected chi connectivity index (χ1v) is 12.0. The van der Waals surface area contributed by atoms with Crippen molar-refractivity contribution in [1.29, 1.82) is 0 Å². The van der Waals surface area contributed by atoms with Crippen LogP contribution < -0.4 is 10.1 Å². The Balaban J connectivity index is 1.58. The number of rotatable bonds is 12. The van der Waals surface area contributed by atoms with Crippen LogP contribution in [0.2, 0.25) is 0 Å². The topological polar surface area (TPSA) is 88.1 Å². The van der Waals surface area contributed by atoms with Crippen molar-refractivity contribution in [3.63, 3.8) is 0 Å². The van der Waals surface area contributed by atoms with Gasteiger partial charge in [0.2, 0.25) is 0 Å². The summed E-state index contributed by atoms with van der Waals surface area (Å²) in [6, 6.07) is 11.2. The summed E-state index contributed by atoms with van der Waals surface area (Å²) in [7, 11) is 0. The molecule has 2 aromatic carbocycles. The second-order valence-corrected chi connectivity index (χ2v) is 8.70. The molecular weight excluding hydrogens is 477 g/mol. The van der Waals surface area contributed by atoms with E-state index in [0.717, 1.165) is 30.9 Å². The number of nitrogens with one attached hydrogen (secondary N) is 1. The molecule has 0 heterocycles. The van der Waals surface area contributed by atoms with E-state index >= 15 is 0 Å². The minimum atomic E-state index is -4.58. The number of anilines is 1. The zero-order chi connectivity index (χ0) is 26.1. The Morgan fingerprint density at radius 3 is 2.42 bits per heavy atom. The summed E-state index contributed by atoms with van der Waals surface area (Å²) >= 11 is 0. The number of benzene rings is 2. The standard InChI is InChI=1S/C26H31F3N2O5/c1-2-35-23(24(32)33)16-18-10-12-20(13-11-18)36-15-14-31(17-19-6-5-7-19)25(34)30-22-9-4-3-8-21(22)26(27,28)29/h3-4,8-13,19,23H,2,5-7,14-17H2,1H3,(H,30,34)(H,32,33). The van der Waals surface area contributed by atoms with Gasteiger partial charge in [-0.1, -0.05) is 30.7 Å². The smallest absolute Gasteiger partial charge is 0.418 e. The van der Waals surface area contributed by atoms with Gasteiger partial charge in [-0.05, 0) is 55.5 Å². The van der Waals surface area contributed by atoms with E-state index in [1.165, 1.54) is 23.1 Å². The molecule has 1 saturated carbocycles. The Bertz CT molecular complexity index is 1010. The van der Waals surface area contributed by atoms with Crippen LogP contribution in [0.4, 0.5) is 23.7 Å². The lowest BCUT2D eigenvalue weighted by atomic mass is 9.85. The normalized spacial score (nSPS) is 14.6. The molecule has 1 fully saturated rings. The molecule has 0 bridgehead atoms. The van der Waals surface area contributed by atoms with Gasteiger partial charge in [-0.15, -0.1) is 0 Å². The molecule has 0 spiro atoms. The van der Waals surface area contributed by atoms with Crippen molar-refractivity contribution in [2.45, 2.75) is 44.9 Å². The van der Waals surface area contributed by atoms with Crippen LogP contribution in [-0.2, 0) is 22.1 Å². The number of carbonyl (C=O) groups is 2. The van der Waals surface area contributed by atoms with Gasteiger partial charge >= 0.3 is 18.2 Å². The molecule has 2 amide bonds.